The van der Waals surface area contributed by atoms with Crippen LogP contribution in [0.15, 0.2) is 42.7 Å². The molecule has 1 heterocycles. The average molecular weight is 244 g/mol. The first-order valence-corrected chi connectivity index (χ1v) is 6.47. The Morgan fingerprint density at radius 2 is 1.78 bits per heavy atom. The Balaban J connectivity index is 2.16. The molecule has 1 aromatic carbocycles. The van der Waals surface area contributed by atoms with Crippen molar-refractivity contribution in [2.75, 3.05) is 0 Å². The predicted octanol–water partition coefficient (Wildman–Crippen LogP) is 3.10. The molecule has 1 N–H and O–H groups in total. The molecule has 0 bridgehead atoms. The van der Waals surface area contributed by atoms with E-state index in [1.54, 1.807) is 0 Å². The second kappa shape index (κ2) is 5.36. The maximum absolute atomic E-state index is 10.3. The molecule has 0 saturated carbocycles. The lowest BCUT2D eigenvalue weighted by atomic mass is 9.98. The van der Waals surface area contributed by atoms with E-state index < -0.39 is 5.60 Å². The molecule has 3 nitrogen and oxygen atoms in total. The SMILES string of the molecule is CCC(O)(CC)Cn1cc(-c2ccccc2)cn1. The van der Waals surface area contributed by atoms with Crippen LogP contribution in [0.4, 0.5) is 0 Å². The summed E-state index contributed by atoms with van der Waals surface area (Å²) in [5.74, 6) is 0. The van der Waals surface area contributed by atoms with Crippen LogP contribution in [0.25, 0.3) is 11.1 Å². The third kappa shape index (κ3) is 2.79. The Morgan fingerprint density at radius 3 is 2.39 bits per heavy atom. The van der Waals surface area contributed by atoms with E-state index in [9.17, 15) is 5.11 Å². The summed E-state index contributed by atoms with van der Waals surface area (Å²) in [6, 6.07) is 10.2. The third-order valence-electron chi connectivity index (χ3n) is 3.51. The van der Waals surface area contributed by atoms with Crippen molar-refractivity contribution in [3.63, 3.8) is 0 Å². The minimum atomic E-state index is -0.653. The van der Waals surface area contributed by atoms with Crippen molar-refractivity contribution in [2.24, 2.45) is 0 Å². The number of hydrogen-bond acceptors (Lipinski definition) is 2. The van der Waals surface area contributed by atoms with Crippen molar-refractivity contribution in [1.29, 1.82) is 0 Å². The van der Waals surface area contributed by atoms with Crippen LogP contribution in [0.5, 0.6) is 0 Å². The molecule has 2 aromatic rings. The van der Waals surface area contributed by atoms with Crippen molar-refractivity contribution in [2.45, 2.75) is 38.8 Å². The van der Waals surface area contributed by atoms with Crippen molar-refractivity contribution in [3.8, 4) is 11.1 Å². The maximum Gasteiger partial charge on any atom is 0.0837 e. The molecule has 0 aliphatic heterocycles. The van der Waals surface area contributed by atoms with Crippen molar-refractivity contribution in [1.82, 2.24) is 9.78 Å². The number of nitrogens with zero attached hydrogens (tertiary/aromatic N) is 2. The van der Waals surface area contributed by atoms with Gasteiger partial charge in [0.15, 0.2) is 0 Å². The second-order valence-corrected chi connectivity index (χ2v) is 4.72. The molecule has 0 aliphatic rings. The molecule has 3 heteroatoms. The van der Waals surface area contributed by atoms with E-state index in [0.717, 1.165) is 24.0 Å². The molecule has 0 saturated heterocycles. The molecule has 0 radical (unpaired) electrons. The van der Waals surface area contributed by atoms with Gasteiger partial charge in [0.25, 0.3) is 0 Å². The van der Waals surface area contributed by atoms with Crippen LogP contribution < -0.4 is 0 Å². The van der Waals surface area contributed by atoms with Crippen LogP contribution in [0.3, 0.4) is 0 Å². The van der Waals surface area contributed by atoms with Crippen LogP contribution in [0.2, 0.25) is 0 Å². The summed E-state index contributed by atoms with van der Waals surface area (Å²) in [4.78, 5) is 0. The van der Waals surface area contributed by atoms with Gasteiger partial charge in [0.2, 0.25) is 0 Å². The molecule has 2 rings (SSSR count). The van der Waals surface area contributed by atoms with E-state index in [2.05, 4.69) is 17.2 Å². The normalized spacial score (nSPS) is 11.7. The van der Waals surface area contributed by atoms with Crippen LogP contribution >= 0.6 is 0 Å². The van der Waals surface area contributed by atoms with Gasteiger partial charge in [0.05, 0.1) is 18.3 Å². The molecule has 0 aliphatic carbocycles. The summed E-state index contributed by atoms with van der Waals surface area (Å²) in [6.07, 6.45) is 5.32. The zero-order valence-electron chi connectivity index (χ0n) is 11.0. The molecule has 1 aromatic heterocycles. The molecule has 18 heavy (non-hydrogen) atoms. The van der Waals surface area contributed by atoms with Crippen LogP contribution in [-0.4, -0.2) is 20.5 Å². The number of hydrogen-bond donors (Lipinski definition) is 1. The number of aliphatic hydroxyl groups is 1. The maximum atomic E-state index is 10.3. The van der Waals surface area contributed by atoms with Crippen molar-refractivity contribution >= 4 is 0 Å². The highest BCUT2D eigenvalue weighted by atomic mass is 16.3. The van der Waals surface area contributed by atoms with E-state index >= 15 is 0 Å². The summed E-state index contributed by atoms with van der Waals surface area (Å²) >= 11 is 0. The summed E-state index contributed by atoms with van der Waals surface area (Å²) in [6.45, 7) is 4.56. The predicted molar refractivity (Wildman–Crippen MR) is 73.2 cm³/mol. The van der Waals surface area contributed by atoms with E-state index in [4.69, 9.17) is 0 Å². The van der Waals surface area contributed by atoms with Crippen LogP contribution in [-0.2, 0) is 6.54 Å². The quantitative estimate of drug-likeness (QED) is 0.877. The Labute approximate surface area is 108 Å². The number of benzene rings is 1. The zero-order chi connectivity index (χ0) is 13.0. The van der Waals surface area contributed by atoms with Crippen molar-refractivity contribution in [3.05, 3.63) is 42.7 Å². The van der Waals surface area contributed by atoms with Gasteiger partial charge in [-0.1, -0.05) is 44.2 Å². The first kappa shape index (κ1) is 12.8. The summed E-state index contributed by atoms with van der Waals surface area (Å²) < 4.78 is 1.83. The van der Waals surface area contributed by atoms with Gasteiger partial charge in [-0.05, 0) is 18.4 Å². The zero-order valence-corrected chi connectivity index (χ0v) is 11.0. The van der Waals surface area contributed by atoms with E-state index in [1.165, 1.54) is 0 Å². The fraction of sp³-hybridized carbons (Fsp3) is 0.400. The highest BCUT2D eigenvalue weighted by Gasteiger charge is 2.23. The standard InChI is InChI=1S/C15H20N2O/c1-3-15(18,4-2)12-17-11-14(10-16-17)13-8-6-5-7-9-13/h5-11,18H,3-4,12H2,1-2H3. The molecule has 0 spiro atoms. The van der Waals surface area contributed by atoms with Gasteiger partial charge in [0.1, 0.15) is 0 Å². The molecule has 0 unspecified atom stereocenters. The highest BCUT2D eigenvalue weighted by molar-refractivity contribution is 5.61. The Kier molecular flexibility index (Phi) is 3.82. The molecular weight excluding hydrogens is 224 g/mol. The Hall–Kier alpha value is -1.61. The highest BCUT2D eigenvalue weighted by Crippen LogP contribution is 2.21. The molecule has 0 amide bonds. The largest absolute Gasteiger partial charge is 0.388 e. The molecular formula is C15H20N2O. The van der Waals surface area contributed by atoms with Crippen LogP contribution in [0, 0.1) is 0 Å². The molecule has 0 fully saturated rings. The average Bonchev–Trinajstić information content (AvgIpc) is 2.88. The van der Waals surface area contributed by atoms with Crippen LogP contribution in [0.1, 0.15) is 26.7 Å². The Morgan fingerprint density at radius 1 is 1.11 bits per heavy atom. The number of aromatic nitrogens is 2. The van der Waals surface area contributed by atoms with Gasteiger partial charge in [-0.2, -0.15) is 5.10 Å². The lowest BCUT2D eigenvalue weighted by Gasteiger charge is -2.24. The fourth-order valence-electron chi connectivity index (χ4n) is 2.00. The third-order valence-corrected chi connectivity index (χ3v) is 3.51. The first-order chi connectivity index (χ1) is 8.67. The summed E-state index contributed by atoms with van der Waals surface area (Å²) in [7, 11) is 0. The minimum Gasteiger partial charge on any atom is -0.388 e. The lowest BCUT2D eigenvalue weighted by Crippen LogP contribution is -2.32. The lowest BCUT2D eigenvalue weighted by molar-refractivity contribution is 0.0119. The molecule has 96 valence electrons. The van der Waals surface area contributed by atoms with Crippen molar-refractivity contribution < 1.29 is 5.11 Å². The van der Waals surface area contributed by atoms with E-state index in [0.29, 0.717) is 6.54 Å². The van der Waals surface area contributed by atoms with E-state index in [1.807, 2.05) is 49.1 Å². The van der Waals surface area contributed by atoms with Gasteiger partial charge >= 0.3 is 0 Å². The number of rotatable bonds is 5. The minimum absolute atomic E-state index is 0.548. The van der Waals surface area contributed by atoms with Gasteiger partial charge in [-0.15, -0.1) is 0 Å². The Bertz CT molecular complexity index is 486. The molecule has 0 atom stereocenters. The summed E-state index contributed by atoms with van der Waals surface area (Å²) in [5, 5.41) is 14.6. The van der Waals surface area contributed by atoms with Gasteiger partial charge in [-0.3, -0.25) is 4.68 Å². The topological polar surface area (TPSA) is 38.0 Å². The first-order valence-electron chi connectivity index (χ1n) is 6.47. The summed E-state index contributed by atoms with van der Waals surface area (Å²) in [5.41, 5.74) is 1.59. The monoisotopic (exact) mass is 244 g/mol. The van der Waals surface area contributed by atoms with Gasteiger partial charge < -0.3 is 5.11 Å². The van der Waals surface area contributed by atoms with Gasteiger partial charge in [-0.25, -0.2) is 0 Å². The second-order valence-electron chi connectivity index (χ2n) is 4.72. The fourth-order valence-corrected chi connectivity index (χ4v) is 2.00. The van der Waals surface area contributed by atoms with E-state index in [-0.39, 0.29) is 0 Å². The van der Waals surface area contributed by atoms with Gasteiger partial charge in [0, 0.05) is 11.8 Å². The smallest absolute Gasteiger partial charge is 0.0837 e.